The molecule has 0 amide bonds. The van der Waals surface area contributed by atoms with E-state index < -0.39 is 0 Å². The summed E-state index contributed by atoms with van der Waals surface area (Å²) in [6.07, 6.45) is 2.33. The van der Waals surface area contributed by atoms with E-state index in [4.69, 9.17) is 11.5 Å². The summed E-state index contributed by atoms with van der Waals surface area (Å²) >= 11 is 0. The zero-order chi connectivity index (χ0) is 12.1. The minimum atomic E-state index is -0.0783. The van der Waals surface area contributed by atoms with Crippen molar-refractivity contribution in [3.63, 3.8) is 0 Å². The predicted molar refractivity (Wildman–Crippen MR) is 64.8 cm³/mol. The Balaban J connectivity index is 2.55. The minimum absolute atomic E-state index is 0.0783. The molecule has 0 saturated heterocycles. The third kappa shape index (κ3) is 3.62. The molecule has 1 rings (SSSR count). The fourth-order valence-corrected chi connectivity index (χ4v) is 1.38. The van der Waals surface area contributed by atoms with Crippen LogP contribution in [-0.2, 0) is 11.2 Å². The molecule has 4 N–H and O–H groups in total. The molecular weight excluding hydrogens is 202 g/mol. The number of carbonyl (C=O) groups excluding carboxylic acids is 1. The highest BCUT2D eigenvalue weighted by Gasteiger charge is 2.14. The molecule has 16 heavy (non-hydrogen) atoms. The van der Waals surface area contributed by atoms with Crippen LogP contribution in [0.25, 0.3) is 0 Å². The van der Waals surface area contributed by atoms with E-state index in [2.05, 4.69) is 4.98 Å². The van der Waals surface area contributed by atoms with E-state index in [1.165, 1.54) is 0 Å². The average Bonchev–Trinajstić information content (AvgIpc) is 2.21. The molecule has 0 radical (unpaired) electrons. The monoisotopic (exact) mass is 221 g/mol. The molecule has 88 valence electrons. The van der Waals surface area contributed by atoms with E-state index in [0.29, 0.717) is 24.6 Å². The van der Waals surface area contributed by atoms with Gasteiger partial charge in [0.2, 0.25) is 0 Å². The van der Waals surface area contributed by atoms with Crippen LogP contribution in [0.5, 0.6) is 0 Å². The van der Waals surface area contributed by atoms with Crippen LogP contribution >= 0.6 is 0 Å². The molecule has 0 fully saturated rings. The molecule has 0 saturated carbocycles. The van der Waals surface area contributed by atoms with E-state index in [1.807, 2.05) is 19.9 Å². The number of hydrogen-bond donors (Lipinski definition) is 2. The second-order valence-electron chi connectivity index (χ2n) is 4.38. The standard InChI is InChI=1S/C12H19N3O/c1-8(2)11(13)7-10(16)6-9-4-3-5-15-12(9)14/h3-5,8,11H,6-7,13H2,1-2H3,(H2,14,15). The highest BCUT2D eigenvalue weighted by molar-refractivity contribution is 5.82. The van der Waals surface area contributed by atoms with Crippen molar-refractivity contribution in [3.8, 4) is 0 Å². The van der Waals surface area contributed by atoms with Crippen LogP contribution in [0.3, 0.4) is 0 Å². The molecule has 1 atom stereocenters. The lowest BCUT2D eigenvalue weighted by Gasteiger charge is -2.14. The van der Waals surface area contributed by atoms with Gasteiger partial charge >= 0.3 is 0 Å². The van der Waals surface area contributed by atoms with Gasteiger partial charge in [0.25, 0.3) is 0 Å². The minimum Gasteiger partial charge on any atom is -0.383 e. The molecule has 4 heteroatoms. The smallest absolute Gasteiger partial charge is 0.138 e. The molecule has 1 heterocycles. The van der Waals surface area contributed by atoms with Crippen molar-refractivity contribution in [3.05, 3.63) is 23.9 Å². The number of rotatable bonds is 5. The molecule has 0 spiro atoms. The highest BCUT2D eigenvalue weighted by atomic mass is 16.1. The van der Waals surface area contributed by atoms with Crippen LogP contribution in [0.15, 0.2) is 18.3 Å². The summed E-state index contributed by atoms with van der Waals surface area (Å²) < 4.78 is 0. The zero-order valence-corrected chi connectivity index (χ0v) is 9.81. The fourth-order valence-electron chi connectivity index (χ4n) is 1.38. The second kappa shape index (κ2) is 5.61. The molecule has 0 aromatic carbocycles. The Morgan fingerprint density at radius 3 is 2.75 bits per heavy atom. The van der Waals surface area contributed by atoms with Gasteiger partial charge in [-0.1, -0.05) is 19.9 Å². The van der Waals surface area contributed by atoms with Gasteiger partial charge in [0.15, 0.2) is 0 Å². The van der Waals surface area contributed by atoms with E-state index in [1.54, 1.807) is 12.3 Å². The average molecular weight is 221 g/mol. The third-order valence-corrected chi connectivity index (χ3v) is 2.63. The van der Waals surface area contributed by atoms with Gasteiger partial charge in [-0.15, -0.1) is 0 Å². The van der Waals surface area contributed by atoms with Crippen molar-refractivity contribution in [1.82, 2.24) is 4.98 Å². The number of carbonyl (C=O) groups is 1. The van der Waals surface area contributed by atoms with Crippen LogP contribution in [0.2, 0.25) is 0 Å². The Labute approximate surface area is 96.0 Å². The predicted octanol–water partition coefficient (Wildman–Crippen LogP) is 1.15. The SMILES string of the molecule is CC(C)C(N)CC(=O)Cc1cccnc1N. The van der Waals surface area contributed by atoms with Gasteiger partial charge in [0, 0.05) is 30.6 Å². The lowest BCUT2D eigenvalue weighted by Crippen LogP contribution is -2.29. The summed E-state index contributed by atoms with van der Waals surface area (Å²) in [6.45, 7) is 4.02. The van der Waals surface area contributed by atoms with Gasteiger partial charge < -0.3 is 11.5 Å². The number of aromatic nitrogens is 1. The number of Topliss-reactive ketones (excluding diaryl/α,β-unsaturated/α-hetero) is 1. The van der Waals surface area contributed by atoms with Gasteiger partial charge in [0.05, 0.1) is 0 Å². The quantitative estimate of drug-likeness (QED) is 0.781. The van der Waals surface area contributed by atoms with Gasteiger partial charge in [-0.05, 0) is 12.0 Å². The molecule has 1 unspecified atom stereocenters. The molecule has 0 aliphatic rings. The van der Waals surface area contributed by atoms with E-state index >= 15 is 0 Å². The number of pyridine rings is 1. The van der Waals surface area contributed by atoms with Gasteiger partial charge in [-0.2, -0.15) is 0 Å². The Morgan fingerprint density at radius 1 is 1.50 bits per heavy atom. The molecule has 1 aromatic heterocycles. The first-order valence-corrected chi connectivity index (χ1v) is 5.47. The van der Waals surface area contributed by atoms with Crippen LogP contribution < -0.4 is 11.5 Å². The van der Waals surface area contributed by atoms with Crippen molar-refractivity contribution in [2.24, 2.45) is 11.7 Å². The largest absolute Gasteiger partial charge is 0.383 e. The van der Waals surface area contributed by atoms with Crippen LogP contribution in [0.1, 0.15) is 25.8 Å². The molecule has 0 aliphatic heterocycles. The molecule has 1 aromatic rings. The topological polar surface area (TPSA) is 82.0 Å². The van der Waals surface area contributed by atoms with Crippen LogP contribution in [-0.4, -0.2) is 16.8 Å². The first-order chi connectivity index (χ1) is 7.50. The third-order valence-electron chi connectivity index (χ3n) is 2.63. The van der Waals surface area contributed by atoms with Gasteiger partial charge in [0.1, 0.15) is 11.6 Å². The lowest BCUT2D eigenvalue weighted by molar-refractivity contribution is -0.118. The van der Waals surface area contributed by atoms with Crippen LogP contribution in [0.4, 0.5) is 5.82 Å². The van der Waals surface area contributed by atoms with E-state index in [-0.39, 0.29) is 11.8 Å². The summed E-state index contributed by atoms with van der Waals surface area (Å²) in [5.74, 6) is 0.852. The zero-order valence-electron chi connectivity index (χ0n) is 9.81. The summed E-state index contributed by atoms with van der Waals surface area (Å²) in [5, 5.41) is 0. The number of nitrogens with two attached hydrogens (primary N) is 2. The number of nitrogens with zero attached hydrogens (tertiary/aromatic N) is 1. The van der Waals surface area contributed by atoms with E-state index in [0.717, 1.165) is 5.56 Å². The first kappa shape index (κ1) is 12.6. The molecule has 4 nitrogen and oxygen atoms in total. The van der Waals surface area contributed by atoms with Crippen molar-refractivity contribution >= 4 is 11.6 Å². The number of anilines is 1. The summed E-state index contributed by atoms with van der Waals surface area (Å²) in [6, 6.07) is 3.52. The Morgan fingerprint density at radius 2 is 2.19 bits per heavy atom. The highest BCUT2D eigenvalue weighted by Crippen LogP contribution is 2.11. The normalized spacial score (nSPS) is 12.8. The van der Waals surface area contributed by atoms with Crippen molar-refractivity contribution < 1.29 is 4.79 Å². The Hall–Kier alpha value is -1.42. The Kier molecular flexibility index (Phi) is 4.43. The molecule has 0 bridgehead atoms. The second-order valence-corrected chi connectivity index (χ2v) is 4.38. The maximum atomic E-state index is 11.7. The van der Waals surface area contributed by atoms with Crippen molar-refractivity contribution in [2.75, 3.05) is 5.73 Å². The maximum Gasteiger partial charge on any atom is 0.138 e. The maximum absolute atomic E-state index is 11.7. The van der Waals surface area contributed by atoms with Crippen molar-refractivity contribution in [2.45, 2.75) is 32.7 Å². The Bertz CT molecular complexity index is 363. The first-order valence-electron chi connectivity index (χ1n) is 5.47. The van der Waals surface area contributed by atoms with Gasteiger partial charge in [-0.3, -0.25) is 4.79 Å². The number of nitrogen functional groups attached to an aromatic ring is 1. The van der Waals surface area contributed by atoms with Gasteiger partial charge in [-0.25, -0.2) is 4.98 Å². The summed E-state index contributed by atoms with van der Waals surface area (Å²) in [7, 11) is 0. The lowest BCUT2D eigenvalue weighted by atomic mass is 9.97. The fraction of sp³-hybridized carbons (Fsp3) is 0.500. The van der Waals surface area contributed by atoms with Crippen molar-refractivity contribution in [1.29, 1.82) is 0 Å². The number of ketones is 1. The molecule has 0 aliphatic carbocycles. The number of hydrogen-bond acceptors (Lipinski definition) is 4. The molecular formula is C12H19N3O. The van der Waals surface area contributed by atoms with E-state index in [9.17, 15) is 4.79 Å². The summed E-state index contributed by atoms with van der Waals surface area (Å²) in [5.41, 5.74) is 12.3. The van der Waals surface area contributed by atoms with Crippen LogP contribution in [0, 0.1) is 5.92 Å². The summed E-state index contributed by atoms with van der Waals surface area (Å²) in [4.78, 5) is 15.7.